The van der Waals surface area contributed by atoms with Crippen LogP contribution in [0.15, 0.2) is 18.5 Å². The molecule has 0 aromatic carbocycles. The summed E-state index contributed by atoms with van der Waals surface area (Å²) in [7, 11) is 0. The summed E-state index contributed by atoms with van der Waals surface area (Å²) >= 11 is 0. The lowest BCUT2D eigenvalue weighted by atomic mass is 9.94. The molecule has 2 aliphatic rings. The number of nitrogens with zero attached hydrogens (tertiary/aromatic N) is 6. The standard InChI is InChI=1S/C20H28N6O2/c1-3-23-9-6-10-26-18(20(23)28)11-17(22-26)15-7-5-8-24(13-15)19(27)16-12-21-25(4-2)14-16/h11-12,14-15H,3-10,13H2,1-2H3. The van der Waals surface area contributed by atoms with Crippen LogP contribution < -0.4 is 0 Å². The van der Waals surface area contributed by atoms with Crippen LogP contribution in [0.4, 0.5) is 0 Å². The topological polar surface area (TPSA) is 76.3 Å². The summed E-state index contributed by atoms with van der Waals surface area (Å²) in [5.41, 5.74) is 2.25. The molecule has 0 bridgehead atoms. The zero-order chi connectivity index (χ0) is 19.7. The highest BCUT2D eigenvalue weighted by atomic mass is 16.2. The molecule has 8 nitrogen and oxygen atoms in total. The van der Waals surface area contributed by atoms with Crippen molar-refractivity contribution >= 4 is 11.8 Å². The van der Waals surface area contributed by atoms with Gasteiger partial charge in [0.25, 0.3) is 11.8 Å². The Morgan fingerprint density at radius 3 is 2.79 bits per heavy atom. The Morgan fingerprint density at radius 2 is 2.04 bits per heavy atom. The molecule has 0 radical (unpaired) electrons. The molecular formula is C20H28N6O2. The Kier molecular flexibility index (Phi) is 5.19. The molecule has 0 saturated carbocycles. The van der Waals surface area contributed by atoms with Gasteiger partial charge >= 0.3 is 0 Å². The SMILES string of the molecule is CCN1CCCn2nc(C3CCCN(C(=O)c4cnn(CC)c4)C3)cc2C1=O. The van der Waals surface area contributed by atoms with E-state index in [1.54, 1.807) is 10.9 Å². The van der Waals surface area contributed by atoms with Crippen LogP contribution in [0.25, 0.3) is 0 Å². The Labute approximate surface area is 165 Å². The summed E-state index contributed by atoms with van der Waals surface area (Å²) in [6.07, 6.45) is 6.30. The molecule has 2 aromatic heterocycles. The van der Waals surface area contributed by atoms with Crippen LogP contribution in [0.2, 0.25) is 0 Å². The third-order valence-corrected chi connectivity index (χ3v) is 5.82. The smallest absolute Gasteiger partial charge is 0.272 e. The van der Waals surface area contributed by atoms with Crippen molar-refractivity contribution in [3.05, 3.63) is 35.4 Å². The van der Waals surface area contributed by atoms with Gasteiger partial charge in [0.05, 0.1) is 17.5 Å². The van der Waals surface area contributed by atoms with Gasteiger partial charge in [-0.3, -0.25) is 19.0 Å². The fraction of sp³-hybridized carbons (Fsp3) is 0.600. The van der Waals surface area contributed by atoms with Crippen LogP contribution >= 0.6 is 0 Å². The highest BCUT2D eigenvalue weighted by Crippen LogP contribution is 2.28. The normalized spacial score (nSPS) is 20.2. The number of piperidine rings is 1. The fourth-order valence-electron chi connectivity index (χ4n) is 4.19. The molecule has 28 heavy (non-hydrogen) atoms. The van der Waals surface area contributed by atoms with E-state index in [0.29, 0.717) is 17.8 Å². The number of aryl methyl sites for hydroxylation is 2. The summed E-state index contributed by atoms with van der Waals surface area (Å²) in [6, 6.07) is 1.95. The van der Waals surface area contributed by atoms with Gasteiger partial charge in [0.15, 0.2) is 0 Å². The second-order valence-corrected chi connectivity index (χ2v) is 7.59. The monoisotopic (exact) mass is 384 g/mol. The maximum Gasteiger partial charge on any atom is 0.272 e. The molecule has 4 rings (SSSR count). The first kappa shape index (κ1) is 18.7. The molecule has 1 atom stereocenters. The van der Waals surface area contributed by atoms with Crippen LogP contribution in [0.3, 0.4) is 0 Å². The van der Waals surface area contributed by atoms with E-state index in [-0.39, 0.29) is 17.7 Å². The van der Waals surface area contributed by atoms with E-state index in [2.05, 4.69) is 5.10 Å². The molecule has 0 N–H and O–H groups in total. The third-order valence-electron chi connectivity index (χ3n) is 5.82. The summed E-state index contributed by atoms with van der Waals surface area (Å²) in [4.78, 5) is 29.4. The van der Waals surface area contributed by atoms with Crippen molar-refractivity contribution in [2.75, 3.05) is 26.2 Å². The fourth-order valence-corrected chi connectivity index (χ4v) is 4.19. The predicted molar refractivity (Wildman–Crippen MR) is 104 cm³/mol. The molecule has 2 aliphatic heterocycles. The average Bonchev–Trinajstić information content (AvgIpc) is 3.35. The number of fused-ring (bicyclic) bond motifs is 1. The van der Waals surface area contributed by atoms with Crippen molar-refractivity contribution < 1.29 is 9.59 Å². The van der Waals surface area contributed by atoms with E-state index in [4.69, 9.17) is 5.10 Å². The maximum absolute atomic E-state index is 12.9. The summed E-state index contributed by atoms with van der Waals surface area (Å²) in [6.45, 7) is 8.42. The molecule has 1 saturated heterocycles. The molecule has 1 fully saturated rings. The molecule has 0 spiro atoms. The highest BCUT2D eigenvalue weighted by molar-refractivity contribution is 5.94. The zero-order valence-corrected chi connectivity index (χ0v) is 16.7. The number of amides is 2. The third kappa shape index (κ3) is 3.43. The summed E-state index contributed by atoms with van der Waals surface area (Å²) in [5, 5.41) is 8.97. The first-order valence-electron chi connectivity index (χ1n) is 10.3. The number of carbonyl (C=O) groups is 2. The zero-order valence-electron chi connectivity index (χ0n) is 16.7. The number of hydrogen-bond donors (Lipinski definition) is 0. The van der Waals surface area contributed by atoms with Gasteiger partial charge in [-0.1, -0.05) is 0 Å². The first-order valence-corrected chi connectivity index (χ1v) is 10.3. The van der Waals surface area contributed by atoms with Crippen LogP contribution in [0, 0.1) is 0 Å². The second-order valence-electron chi connectivity index (χ2n) is 7.59. The lowest BCUT2D eigenvalue weighted by Gasteiger charge is -2.31. The van der Waals surface area contributed by atoms with Gasteiger partial charge in [-0.2, -0.15) is 10.2 Å². The molecule has 4 heterocycles. The number of hydrogen-bond acceptors (Lipinski definition) is 4. The molecule has 0 aliphatic carbocycles. The average molecular weight is 384 g/mol. The lowest BCUT2D eigenvalue weighted by Crippen LogP contribution is -2.39. The van der Waals surface area contributed by atoms with Crippen molar-refractivity contribution in [2.45, 2.75) is 52.1 Å². The van der Waals surface area contributed by atoms with E-state index >= 15 is 0 Å². The highest BCUT2D eigenvalue weighted by Gasteiger charge is 2.30. The number of aromatic nitrogens is 4. The van der Waals surface area contributed by atoms with Crippen molar-refractivity contribution in [2.24, 2.45) is 0 Å². The molecule has 2 amide bonds. The predicted octanol–water partition coefficient (Wildman–Crippen LogP) is 1.99. The van der Waals surface area contributed by atoms with Gasteiger partial charge in [-0.05, 0) is 39.2 Å². The molecular weight excluding hydrogens is 356 g/mol. The molecule has 150 valence electrons. The minimum Gasteiger partial charge on any atom is -0.338 e. The van der Waals surface area contributed by atoms with Crippen LogP contribution in [-0.2, 0) is 13.1 Å². The van der Waals surface area contributed by atoms with Crippen molar-refractivity contribution in [1.29, 1.82) is 0 Å². The first-order chi connectivity index (χ1) is 13.6. The molecule has 8 heteroatoms. The Hall–Kier alpha value is -2.64. The maximum atomic E-state index is 12.9. The van der Waals surface area contributed by atoms with E-state index in [9.17, 15) is 9.59 Å². The largest absolute Gasteiger partial charge is 0.338 e. The summed E-state index contributed by atoms with van der Waals surface area (Å²) in [5.74, 6) is 0.258. The lowest BCUT2D eigenvalue weighted by molar-refractivity contribution is 0.0704. The van der Waals surface area contributed by atoms with Gasteiger partial charge in [-0.15, -0.1) is 0 Å². The summed E-state index contributed by atoms with van der Waals surface area (Å²) < 4.78 is 3.63. The van der Waals surface area contributed by atoms with Gasteiger partial charge < -0.3 is 9.80 Å². The van der Waals surface area contributed by atoms with Gasteiger partial charge in [-0.25, -0.2) is 0 Å². The Bertz CT molecular complexity index is 870. The van der Waals surface area contributed by atoms with Gasteiger partial charge in [0.1, 0.15) is 5.69 Å². The van der Waals surface area contributed by atoms with Crippen molar-refractivity contribution in [3.8, 4) is 0 Å². The number of carbonyl (C=O) groups excluding carboxylic acids is 2. The minimum absolute atomic E-state index is 0.0263. The van der Waals surface area contributed by atoms with Crippen LogP contribution in [-0.4, -0.2) is 67.4 Å². The van der Waals surface area contributed by atoms with E-state index in [0.717, 1.165) is 57.7 Å². The Balaban J connectivity index is 1.51. The van der Waals surface area contributed by atoms with Crippen molar-refractivity contribution in [3.63, 3.8) is 0 Å². The van der Waals surface area contributed by atoms with Crippen LogP contribution in [0.5, 0.6) is 0 Å². The van der Waals surface area contributed by atoms with E-state index in [1.807, 2.05) is 40.6 Å². The number of likely N-dealkylation sites (tertiary alicyclic amines) is 1. The Morgan fingerprint density at radius 1 is 1.18 bits per heavy atom. The second kappa shape index (κ2) is 7.77. The number of rotatable bonds is 4. The quantitative estimate of drug-likeness (QED) is 0.808. The van der Waals surface area contributed by atoms with Crippen molar-refractivity contribution in [1.82, 2.24) is 29.4 Å². The molecule has 1 unspecified atom stereocenters. The van der Waals surface area contributed by atoms with E-state index < -0.39 is 0 Å². The van der Waals surface area contributed by atoms with Crippen LogP contribution in [0.1, 0.15) is 65.6 Å². The van der Waals surface area contributed by atoms with Gasteiger partial charge in [0, 0.05) is 51.4 Å². The minimum atomic E-state index is 0.0263. The van der Waals surface area contributed by atoms with Gasteiger partial charge in [0.2, 0.25) is 0 Å². The van der Waals surface area contributed by atoms with E-state index in [1.165, 1.54) is 0 Å². The molecule has 2 aromatic rings.